The van der Waals surface area contributed by atoms with Crippen LogP contribution in [0, 0.1) is 5.92 Å². The van der Waals surface area contributed by atoms with Crippen LogP contribution < -0.4 is 16.0 Å². The highest BCUT2D eigenvalue weighted by atomic mass is 32.2. The van der Waals surface area contributed by atoms with Gasteiger partial charge >= 0.3 is 0 Å². The maximum Gasteiger partial charge on any atom is 0.150 e. The van der Waals surface area contributed by atoms with Crippen molar-refractivity contribution in [2.24, 2.45) is 5.92 Å². The van der Waals surface area contributed by atoms with Gasteiger partial charge in [0.1, 0.15) is 9.84 Å². The summed E-state index contributed by atoms with van der Waals surface area (Å²) in [5.74, 6) is 1.90. The zero-order valence-corrected chi connectivity index (χ0v) is 16.6. The third kappa shape index (κ3) is 4.87. The molecule has 0 amide bonds. The smallest absolute Gasteiger partial charge is 0.150 e. The molecule has 0 aromatic heterocycles. The predicted molar refractivity (Wildman–Crippen MR) is 102 cm³/mol. The Kier molecular flexibility index (Phi) is 6.52. The summed E-state index contributed by atoms with van der Waals surface area (Å²) in [7, 11) is -2.87. The molecule has 3 aliphatic rings. The first kappa shape index (κ1) is 19.0. The molecule has 0 aromatic rings. The fourth-order valence-electron chi connectivity index (χ4n) is 4.51. The second kappa shape index (κ2) is 8.25. The molecule has 3 fully saturated rings. The molecule has 0 bridgehead atoms. The zero-order chi connectivity index (χ0) is 17.2. The summed E-state index contributed by atoms with van der Waals surface area (Å²) in [6, 6.07) is 0.997. The van der Waals surface area contributed by atoms with Crippen LogP contribution in [0.25, 0.3) is 0 Å². The van der Waals surface area contributed by atoms with E-state index >= 15 is 0 Å². The number of hydrogen-bond acceptors (Lipinski definition) is 6. The van der Waals surface area contributed by atoms with Crippen LogP contribution in [0.1, 0.15) is 45.4 Å². The van der Waals surface area contributed by atoms with Gasteiger partial charge in [-0.15, -0.1) is 0 Å². The van der Waals surface area contributed by atoms with Crippen LogP contribution in [0.2, 0.25) is 0 Å². The third-order valence-electron chi connectivity index (χ3n) is 6.01. The topological polar surface area (TPSA) is 70.2 Å². The standard InChI is InChI=1S/C17H33N3O2S2/c1-12(16-4-3-9-23-16)19-17-11-18-10-15(20-17)13-5-7-14(8-6-13)24(2,21)22/h12-20H,3-11H2,1-2H3/t12-,13?,14?,15?,16?,17?/m0/s1. The largest absolute Gasteiger partial charge is 0.312 e. The molecular formula is C17H33N3O2S2. The summed E-state index contributed by atoms with van der Waals surface area (Å²) in [4.78, 5) is 0. The normalized spacial score (nSPS) is 39.7. The quantitative estimate of drug-likeness (QED) is 0.674. The first-order valence-corrected chi connectivity index (χ1v) is 12.5. The molecule has 3 rings (SSSR count). The number of sulfone groups is 1. The molecule has 2 heterocycles. The van der Waals surface area contributed by atoms with Gasteiger partial charge in [-0.25, -0.2) is 8.42 Å². The van der Waals surface area contributed by atoms with E-state index < -0.39 is 9.84 Å². The fraction of sp³-hybridized carbons (Fsp3) is 1.00. The lowest BCUT2D eigenvalue weighted by molar-refractivity contribution is 0.195. The van der Waals surface area contributed by atoms with E-state index in [-0.39, 0.29) is 5.25 Å². The minimum Gasteiger partial charge on any atom is -0.312 e. The fourth-order valence-corrected chi connectivity index (χ4v) is 6.98. The molecule has 7 heteroatoms. The van der Waals surface area contributed by atoms with Gasteiger partial charge in [0, 0.05) is 36.7 Å². The van der Waals surface area contributed by atoms with Crippen molar-refractivity contribution in [1.29, 1.82) is 0 Å². The van der Waals surface area contributed by atoms with E-state index in [1.54, 1.807) is 0 Å². The minimum atomic E-state index is -2.87. The second-order valence-electron chi connectivity index (χ2n) is 7.86. The van der Waals surface area contributed by atoms with Crippen molar-refractivity contribution in [2.75, 3.05) is 25.1 Å². The summed E-state index contributed by atoms with van der Waals surface area (Å²) in [5.41, 5.74) is 0. The van der Waals surface area contributed by atoms with Gasteiger partial charge in [-0.1, -0.05) is 0 Å². The van der Waals surface area contributed by atoms with Crippen LogP contribution in [0.4, 0.5) is 0 Å². The van der Waals surface area contributed by atoms with Crippen LogP contribution in [0.15, 0.2) is 0 Å². The van der Waals surface area contributed by atoms with Crippen molar-refractivity contribution >= 4 is 21.6 Å². The summed E-state index contributed by atoms with van der Waals surface area (Å²) >= 11 is 2.10. The van der Waals surface area contributed by atoms with Gasteiger partial charge in [0.25, 0.3) is 0 Å². The van der Waals surface area contributed by atoms with Crippen LogP contribution in [0.3, 0.4) is 0 Å². The van der Waals surface area contributed by atoms with Gasteiger partial charge in [-0.05, 0) is 57.1 Å². The van der Waals surface area contributed by atoms with Crippen molar-refractivity contribution < 1.29 is 8.42 Å². The van der Waals surface area contributed by atoms with E-state index in [0.29, 0.717) is 24.2 Å². The summed E-state index contributed by atoms with van der Waals surface area (Å²) in [6.45, 7) is 4.28. The lowest BCUT2D eigenvalue weighted by Gasteiger charge is -2.41. The molecule has 1 aliphatic carbocycles. The lowest BCUT2D eigenvalue weighted by Crippen LogP contribution is -2.64. The van der Waals surface area contributed by atoms with Crippen LogP contribution >= 0.6 is 11.8 Å². The zero-order valence-electron chi connectivity index (χ0n) is 15.0. The average molecular weight is 376 g/mol. The molecule has 24 heavy (non-hydrogen) atoms. The predicted octanol–water partition coefficient (Wildman–Crippen LogP) is 1.35. The molecule has 3 unspecified atom stereocenters. The van der Waals surface area contributed by atoms with Crippen molar-refractivity contribution in [3.05, 3.63) is 0 Å². The first-order chi connectivity index (χ1) is 11.4. The highest BCUT2D eigenvalue weighted by molar-refractivity contribution is 8.00. The molecule has 5 nitrogen and oxygen atoms in total. The lowest BCUT2D eigenvalue weighted by atomic mass is 9.83. The Morgan fingerprint density at radius 3 is 2.50 bits per heavy atom. The number of piperazine rings is 1. The number of thioether (sulfide) groups is 1. The average Bonchev–Trinajstić information content (AvgIpc) is 3.09. The Balaban J connectivity index is 1.47. The second-order valence-corrected chi connectivity index (χ2v) is 11.5. The van der Waals surface area contributed by atoms with Crippen LogP contribution in [0.5, 0.6) is 0 Å². The SMILES string of the molecule is C[C@H](NC1CNCC(C2CCC(S(C)(=O)=O)CC2)N1)C1CCCS1. The van der Waals surface area contributed by atoms with Gasteiger partial charge < -0.3 is 5.32 Å². The van der Waals surface area contributed by atoms with Crippen molar-refractivity contribution in [3.8, 4) is 0 Å². The van der Waals surface area contributed by atoms with Gasteiger partial charge in [0.05, 0.1) is 11.4 Å². The van der Waals surface area contributed by atoms with E-state index in [0.717, 1.165) is 44.0 Å². The molecular weight excluding hydrogens is 342 g/mol. The Morgan fingerprint density at radius 2 is 1.88 bits per heavy atom. The highest BCUT2D eigenvalue weighted by Crippen LogP contribution is 2.31. The highest BCUT2D eigenvalue weighted by Gasteiger charge is 2.34. The molecule has 0 aromatic carbocycles. The van der Waals surface area contributed by atoms with E-state index in [1.807, 2.05) is 0 Å². The van der Waals surface area contributed by atoms with Gasteiger partial charge in [0.15, 0.2) is 0 Å². The van der Waals surface area contributed by atoms with Crippen molar-refractivity contribution in [2.45, 2.75) is 74.2 Å². The van der Waals surface area contributed by atoms with E-state index in [2.05, 4.69) is 34.6 Å². The van der Waals surface area contributed by atoms with Crippen LogP contribution in [-0.4, -0.2) is 62.3 Å². The summed E-state index contributed by atoms with van der Waals surface area (Å²) in [6.07, 6.45) is 8.11. The first-order valence-electron chi connectivity index (χ1n) is 9.47. The van der Waals surface area contributed by atoms with Crippen molar-refractivity contribution in [3.63, 3.8) is 0 Å². The summed E-state index contributed by atoms with van der Waals surface area (Å²) in [5, 5.41) is 11.8. The Bertz CT molecular complexity index is 500. The molecule has 3 N–H and O–H groups in total. The number of nitrogens with one attached hydrogen (secondary N) is 3. The Hall–Kier alpha value is 0.180. The van der Waals surface area contributed by atoms with Gasteiger partial charge in [0.2, 0.25) is 0 Å². The van der Waals surface area contributed by atoms with E-state index in [9.17, 15) is 8.42 Å². The maximum absolute atomic E-state index is 11.7. The number of hydrogen-bond donors (Lipinski definition) is 3. The molecule has 2 saturated heterocycles. The van der Waals surface area contributed by atoms with E-state index in [4.69, 9.17) is 0 Å². The van der Waals surface area contributed by atoms with Crippen LogP contribution in [-0.2, 0) is 9.84 Å². The molecule has 2 aliphatic heterocycles. The van der Waals surface area contributed by atoms with Gasteiger partial charge in [-0.2, -0.15) is 11.8 Å². The molecule has 140 valence electrons. The van der Waals surface area contributed by atoms with E-state index in [1.165, 1.54) is 24.9 Å². The third-order valence-corrected chi connectivity index (χ3v) is 9.29. The minimum absolute atomic E-state index is 0.112. The van der Waals surface area contributed by atoms with Crippen molar-refractivity contribution in [1.82, 2.24) is 16.0 Å². The maximum atomic E-state index is 11.7. The monoisotopic (exact) mass is 375 g/mol. The Morgan fingerprint density at radius 1 is 1.12 bits per heavy atom. The molecule has 0 spiro atoms. The Labute approximate surface area is 151 Å². The molecule has 4 atom stereocenters. The number of rotatable bonds is 5. The summed E-state index contributed by atoms with van der Waals surface area (Å²) < 4.78 is 23.5. The molecule has 1 saturated carbocycles. The van der Waals surface area contributed by atoms with Gasteiger partial charge in [-0.3, -0.25) is 10.6 Å². The molecule has 0 radical (unpaired) electrons.